The highest BCUT2D eigenvalue weighted by Crippen LogP contribution is 2.41. The summed E-state index contributed by atoms with van der Waals surface area (Å²) in [5, 5.41) is 3.22. The third-order valence-corrected chi connectivity index (χ3v) is 8.78. The SMILES string of the molecule is C=C.C=CC1(c2ccncc2N(C)Cc2nc3ccc(C)cc3n2CCCCC)CCN(C)CC1.CC.CC.CNC(C)CC(C)(C)C. The Hall–Kier alpha value is -2.96. The Morgan fingerprint density at radius 3 is 2.21 bits per heavy atom. The molecule has 0 bridgehead atoms. The van der Waals surface area contributed by atoms with Gasteiger partial charge < -0.3 is 19.7 Å². The van der Waals surface area contributed by atoms with Crippen LogP contribution < -0.4 is 10.2 Å². The van der Waals surface area contributed by atoms with Crippen molar-refractivity contribution in [3.8, 4) is 0 Å². The summed E-state index contributed by atoms with van der Waals surface area (Å²) in [6, 6.07) is 9.44. The van der Waals surface area contributed by atoms with Gasteiger partial charge >= 0.3 is 0 Å². The number of pyridine rings is 1. The van der Waals surface area contributed by atoms with Crippen molar-refractivity contribution in [1.82, 2.24) is 24.8 Å². The second kappa shape index (κ2) is 23.4. The quantitative estimate of drug-likeness (QED) is 0.164. The third-order valence-electron chi connectivity index (χ3n) is 8.78. The van der Waals surface area contributed by atoms with Crippen LogP contribution in [-0.4, -0.2) is 59.7 Å². The monoisotopic (exact) mass is 663 g/mol. The van der Waals surface area contributed by atoms with Crippen LogP contribution >= 0.6 is 0 Å². The van der Waals surface area contributed by atoms with Crippen LogP contribution in [0.4, 0.5) is 5.69 Å². The molecule has 1 aromatic carbocycles. The smallest absolute Gasteiger partial charge is 0.129 e. The average molecular weight is 663 g/mol. The van der Waals surface area contributed by atoms with E-state index in [0.717, 1.165) is 50.4 Å². The number of aromatic nitrogens is 3. The largest absolute Gasteiger partial charge is 0.366 e. The minimum atomic E-state index is -0.00256. The van der Waals surface area contributed by atoms with Gasteiger partial charge in [-0.05, 0) is 101 Å². The standard InChI is InChI=1S/C28H39N5.C8H19N.2C2H6.C2H4/c1-6-8-9-16-33-25-19-22(3)10-11-24(25)30-27(33)21-32(5)26-20-29-15-12-23(26)28(7-2)13-17-31(4)18-14-28;1-7(9-5)6-8(2,3)4;3*1-2/h7,10-12,15,19-20H,2,6,8-9,13-14,16-18,21H2,1,3-5H3;7,9H,6H2,1-5H3;2*1-2H3;1-2H2. The molecule has 48 heavy (non-hydrogen) atoms. The fraction of sp³-hybridized carbons (Fsp3) is 0.619. The summed E-state index contributed by atoms with van der Waals surface area (Å²) >= 11 is 0. The Morgan fingerprint density at radius 2 is 1.69 bits per heavy atom. The second-order valence-electron chi connectivity index (χ2n) is 13.7. The molecule has 0 radical (unpaired) electrons. The Balaban J connectivity index is 0.00000126. The minimum absolute atomic E-state index is 0.00256. The minimum Gasteiger partial charge on any atom is -0.366 e. The number of piperidine rings is 1. The molecule has 2 aromatic heterocycles. The molecular formula is C42H74N6. The van der Waals surface area contributed by atoms with E-state index in [0.29, 0.717) is 11.5 Å². The lowest BCUT2D eigenvalue weighted by atomic mass is 9.72. The number of imidazole rings is 1. The zero-order valence-electron chi connectivity index (χ0n) is 33.5. The van der Waals surface area contributed by atoms with E-state index in [-0.39, 0.29) is 5.41 Å². The summed E-state index contributed by atoms with van der Waals surface area (Å²) in [7, 11) is 6.39. The molecule has 1 fully saturated rings. The van der Waals surface area contributed by atoms with Crippen LogP contribution in [0.25, 0.3) is 11.0 Å². The molecule has 1 N–H and O–H groups in total. The molecule has 1 saturated heterocycles. The van der Waals surface area contributed by atoms with Gasteiger partial charge in [-0.3, -0.25) is 4.98 Å². The predicted molar refractivity (Wildman–Crippen MR) is 215 cm³/mol. The van der Waals surface area contributed by atoms with Crippen molar-refractivity contribution in [3.63, 3.8) is 0 Å². The molecule has 0 aliphatic carbocycles. The molecule has 0 spiro atoms. The summed E-state index contributed by atoms with van der Waals surface area (Å²) in [5.41, 5.74) is 6.60. The van der Waals surface area contributed by atoms with E-state index in [1.54, 1.807) is 0 Å². The number of nitrogens with zero attached hydrogens (tertiary/aromatic N) is 5. The molecule has 0 saturated carbocycles. The number of benzene rings is 1. The van der Waals surface area contributed by atoms with Crippen LogP contribution in [0.2, 0.25) is 0 Å². The first-order valence-electron chi connectivity index (χ1n) is 18.5. The van der Waals surface area contributed by atoms with E-state index in [4.69, 9.17) is 4.98 Å². The van der Waals surface area contributed by atoms with Gasteiger partial charge in [0.25, 0.3) is 0 Å². The summed E-state index contributed by atoms with van der Waals surface area (Å²) in [5.74, 6) is 1.13. The summed E-state index contributed by atoms with van der Waals surface area (Å²) < 4.78 is 2.43. The lowest BCUT2D eigenvalue weighted by Gasteiger charge is -2.40. The van der Waals surface area contributed by atoms with Crippen molar-refractivity contribution in [1.29, 1.82) is 0 Å². The topological polar surface area (TPSA) is 49.2 Å². The first-order valence-corrected chi connectivity index (χ1v) is 18.5. The first-order chi connectivity index (χ1) is 22.9. The first kappa shape index (κ1) is 45.0. The molecule has 6 heteroatoms. The van der Waals surface area contributed by atoms with Gasteiger partial charge in [-0.25, -0.2) is 4.98 Å². The van der Waals surface area contributed by atoms with Gasteiger partial charge in [0.05, 0.1) is 29.5 Å². The maximum Gasteiger partial charge on any atom is 0.129 e. The number of unbranched alkanes of at least 4 members (excludes halogenated alkanes) is 2. The fourth-order valence-electron chi connectivity index (χ4n) is 6.20. The van der Waals surface area contributed by atoms with Gasteiger partial charge in [0, 0.05) is 31.2 Å². The molecule has 1 aliphatic rings. The van der Waals surface area contributed by atoms with E-state index >= 15 is 0 Å². The van der Waals surface area contributed by atoms with Crippen molar-refractivity contribution in [2.75, 3.05) is 39.1 Å². The van der Waals surface area contributed by atoms with E-state index in [2.05, 4.69) is 130 Å². The van der Waals surface area contributed by atoms with Gasteiger partial charge in [-0.15, -0.1) is 19.7 Å². The Kier molecular flexibility index (Phi) is 22.0. The van der Waals surface area contributed by atoms with Crippen molar-refractivity contribution >= 4 is 16.7 Å². The van der Waals surface area contributed by atoms with Crippen LogP contribution in [-0.2, 0) is 18.5 Å². The summed E-state index contributed by atoms with van der Waals surface area (Å²) in [6.07, 6.45) is 13.2. The lowest BCUT2D eigenvalue weighted by molar-refractivity contribution is 0.218. The zero-order valence-corrected chi connectivity index (χ0v) is 33.5. The molecule has 6 nitrogen and oxygen atoms in total. The zero-order chi connectivity index (χ0) is 36.9. The van der Waals surface area contributed by atoms with Crippen molar-refractivity contribution < 1.29 is 0 Å². The average Bonchev–Trinajstić information content (AvgIpc) is 3.43. The number of anilines is 1. The molecule has 1 unspecified atom stereocenters. The van der Waals surface area contributed by atoms with Gasteiger partial charge in [0.15, 0.2) is 0 Å². The lowest BCUT2D eigenvalue weighted by Crippen LogP contribution is -2.40. The van der Waals surface area contributed by atoms with Crippen LogP contribution in [0, 0.1) is 12.3 Å². The van der Waals surface area contributed by atoms with Crippen LogP contribution in [0.15, 0.2) is 62.5 Å². The Labute approximate surface area is 297 Å². The number of fused-ring (bicyclic) bond motifs is 1. The van der Waals surface area contributed by atoms with E-state index < -0.39 is 0 Å². The molecule has 1 atom stereocenters. The summed E-state index contributed by atoms with van der Waals surface area (Å²) in [6.45, 7) is 35.6. The van der Waals surface area contributed by atoms with E-state index in [1.165, 1.54) is 48.0 Å². The maximum atomic E-state index is 5.06. The molecule has 3 aromatic rings. The van der Waals surface area contributed by atoms with Gasteiger partial charge in [0.1, 0.15) is 5.82 Å². The summed E-state index contributed by atoms with van der Waals surface area (Å²) in [4.78, 5) is 14.3. The molecule has 3 heterocycles. The van der Waals surface area contributed by atoms with E-state index in [9.17, 15) is 0 Å². The molecular weight excluding hydrogens is 589 g/mol. The van der Waals surface area contributed by atoms with Crippen molar-refractivity contribution in [2.45, 2.75) is 132 Å². The van der Waals surface area contributed by atoms with Gasteiger partial charge in [-0.1, -0.05) is 80.4 Å². The van der Waals surface area contributed by atoms with Crippen LogP contribution in [0.5, 0.6) is 0 Å². The highest BCUT2D eigenvalue weighted by Gasteiger charge is 2.35. The highest BCUT2D eigenvalue weighted by molar-refractivity contribution is 5.77. The van der Waals surface area contributed by atoms with Crippen molar-refractivity contribution in [3.05, 3.63) is 79.4 Å². The highest BCUT2D eigenvalue weighted by atomic mass is 15.2. The molecule has 0 amide bonds. The van der Waals surface area contributed by atoms with Gasteiger partial charge in [0.2, 0.25) is 0 Å². The molecule has 272 valence electrons. The number of allylic oxidation sites excluding steroid dienone is 1. The Morgan fingerprint density at radius 1 is 1.06 bits per heavy atom. The molecule has 4 rings (SSSR count). The van der Waals surface area contributed by atoms with Crippen LogP contribution in [0.1, 0.15) is 118 Å². The van der Waals surface area contributed by atoms with Gasteiger partial charge in [-0.2, -0.15) is 0 Å². The third kappa shape index (κ3) is 13.9. The second-order valence-corrected chi connectivity index (χ2v) is 13.7. The number of rotatable bonds is 11. The van der Waals surface area contributed by atoms with Crippen LogP contribution in [0.3, 0.4) is 0 Å². The number of hydrogen-bond donors (Lipinski definition) is 1. The predicted octanol–water partition coefficient (Wildman–Crippen LogP) is 10.6. The fourth-order valence-corrected chi connectivity index (χ4v) is 6.20. The number of nitrogens with one attached hydrogen (secondary N) is 1. The maximum absolute atomic E-state index is 5.06. The normalized spacial score (nSPS) is 14.4. The number of hydrogen-bond acceptors (Lipinski definition) is 5. The van der Waals surface area contributed by atoms with Crippen molar-refractivity contribution in [2.24, 2.45) is 5.41 Å². The number of likely N-dealkylation sites (tertiary alicyclic amines) is 1. The number of aryl methyl sites for hydroxylation is 2. The molecule has 1 aliphatic heterocycles. The Bertz CT molecular complexity index is 1280. The van der Waals surface area contributed by atoms with E-state index in [1.807, 2.05) is 47.1 Å².